The van der Waals surface area contributed by atoms with Gasteiger partial charge in [-0.1, -0.05) is 17.7 Å². The van der Waals surface area contributed by atoms with Crippen molar-refractivity contribution in [1.29, 1.82) is 0 Å². The molecule has 18 heavy (non-hydrogen) atoms. The van der Waals surface area contributed by atoms with E-state index < -0.39 is 29.1 Å². The lowest BCUT2D eigenvalue weighted by Gasteiger charge is -2.15. The van der Waals surface area contributed by atoms with Crippen LogP contribution in [0.25, 0.3) is 0 Å². The van der Waals surface area contributed by atoms with Gasteiger partial charge >= 0.3 is 0 Å². The maximum absolute atomic E-state index is 12.8. The van der Waals surface area contributed by atoms with E-state index in [2.05, 4.69) is 0 Å². The molecule has 4 nitrogen and oxygen atoms in total. The van der Waals surface area contributed by atoms with Gasteiger partial charge in [-0.25, -0.2) is 21.9 Å². The molecule has 2 N–H and O–H groups in total. The maximum atomic E-state index is 12.8. The first kappa shape index (κ1) is 15.3. The number of hydrogen-bond acceptors (Lipinski definition) is 3. The molecule has 0 bridgehead atoms. The second-order valence-corrected chi connectivity index (χ2v) is 5.84. The molecule has 0 saturated heterocycles. The van der Waals surface area contributed by atoms with Crippen LogP contribution in [0.2, 0.25) is 5.02 Å². The van der Waals surface area contributed by atoms with Crippen molar-refractivity contribution in [3.8, 4) is 0 Å². The molecule has 1 rings (SSSR count). The summed E-state index contributed by atoms with van der Waals surface area (Å²) < 4.78 is 50.9. The minimum atomic E-state index is -4.08. The molecule has 0 unspecified atom stereocenters. The van der Waals surface area contributed by atoms with Crippen LogP contribution < -0.4 is 4.72 Å². The number of nitrogens with one attached hydrogen (secondary N) is 1. The second-order valence-electron chi connectivity index (χ2n) is 3.70. The summed E-state index contributed by atoms with van der Waals surface area (Å²) in [5.41, 5.74) is 0.277. The van der Waals surface area contributed by atoms with Gasteiger partial charge in [0.05, 0.1) is 11.4 Å². The Hall–Kier alpha value is -0.760. The summed E-state index contributed by atoms with van der Waals surface area (Å²) in [5, 5.41) is 8.58. The zero-order valence-corrected chi connectivity index (χ0v) is 11.0. The van der Waals surface area contributed by atoms with E-state index in [9.17, 15) is 17.2 Å². The summed E-state index contributed by atoms with van der Waals surface area (Å²) in [6.07, 6.45) is 0. The number of alkyl halides is 2. The molecule has 0 amide bonds. The van der Waals surface area contributed by atoms with E-state index in [0.717, 1.165) is 0 Å². The fourth-order valence-electron chi connectivity index (χ4n) is 1.21. The van der Waals surface area contributed by atoms with Crippen molar-refractivity contribution in [3.05, 3.63) is 28.8 Å². The highest BCUT2D eigenvalue weighted by molar-refractivity contribution is 7.89. The number of sulfonamides is 1. The topological polar surface area (TPSA) is 66.4 Å². The van der Waals surface area contributed by atoms with Crippen LogP contribution in [0.1, 0.15) is 5.56 Å². The lowest BCUT2D eigenvalue weighted by molar-refractivity contribution is -0.0437. The predicted octanol–water partition coefficient (Wildman–Crippen LogP) is 1.55. The van der Waals surface area contributed by atoms with Crippen molar-refractivity contribution >= 4 is 21.6 Å². The molecular weight excluding hydrogens is 288 g/mol. The lowest BCUT2D eigenvalue weighted by Crippen LogP contribution is -2.39. The molecule has 8 heteroatoms. The fourth-order valence-corrected chi connectivity index (χ4v) is 2.77. The van der Waals surface area contributed by atoms with Crippen molar-refractivity contribution in [2.24, 2.45) is 0 Å². The highest BCUT2D eigenvalue weighted by atomic mass is 35.5. The molecule has 0 spiro atoms. The first-order valence-corrected chi connectivity index (χ1v) is 6.79. The summed E-state index contributed by atoms with van der Waals surface area (Å²) in [6.45, 7) is -1.12. The molecule has 0 aliphatic carbocycles. The number of rotatable bonds is 5. The van der Waals surface area contributed by atoms with Crippen LogP contribution in [0, 0.1) is 6.92 Å². The molecule has 0 fully saturated rings. The van der Waals surface area contributed by atoms with Crippen LogP contribution in [0.15, 0.2) is 23.1 Å². The van der Waals surface area contributed by atoms with Gasteiger partial charge in [0, 0.05) is 5.02 Å². The highest BCUT2D eigenvalue weighted by Gasteiger charge is 2.30. The minimum Gasteiger partial charge on any atom is -0.390 e. The summed E-state index contributed by atoms with van der Waals surface area (Å²) in [4.78, 5) is -0.163. The van der Waals surface area contributed by atoms with E-state index in [-0.39, 0.29) is 15.5 Å². The Morgan fingerprint density at radius 1 is 1.44 bits per heavy atom. The molecule has 0 aliphatic heterocycles. The predicted molar refractivity (Wildman–Crippen MR) is 63.4 cm³/mol. The van der Waals surface area contributed by atoms with Gasteiger partial charge in [-0.05, 0) is 24.6 Å². The van der Waals surface area contributed by atoms with E-state index in [1.807, 2.05) is 0 Å². The normalized spacial score (nSPS) is 12.7. The van der Waals surface area contributed by atoms with Crippen LogP contribution in [-0.2, 0) is 10.0 Å². The fraction of sp³-hybridized carbons (Fsp3) is 0.400. The van der Waals surface area contributed by atoms with Gasteiger partial charge in [0.2, 0.25) is 10.0 Å². The van der Waals surface area contributed by atoms with Gasteiger partial charge < -0.3 is 5.11 Å². The van der Waals surface area contributed by atoms with Crippen molar-refractivity contribution in [2.75, 3.05) is 13.2 Å². The quantitative estimate of drug-likeness (QED) is 0.867. The van der Waals surface area contributed by atoms with Crippen LogP contribution in [-0.4, -0.2) is 32.6 Å². The third-order valence-corrected chi connectivity index (χ3v) is 4.21. The first-order chi connectivity index (χ1) is 8.19. The maximum Gasteiger partial charge on any atom is 0.283 e. The van der Waals surface area contributed by atoms with E-state index in [0.29, 0.717) is 0 Å². The third kappa shape index (κ3) is 3.61. The molecule has 0 atom stereocenters. The second kappa shape index (κ2) is 5.48. The van der Waals surface area contributed by atoms with Gasteiger partial charge in [-0.3, -0.25) is 0 Å². The van der Waals surface area contributed by atoms with Crippen molar-refractivity contribution < 1.29 is 22.3 Å². The summed E-state index contributed by atoms with van der Waals surface area (Å²) in [7, 11) is -4.08. The minimum absolute atomic E-state index is 0.163. The Balaban J connectivity index is 2.98. The molecule has 1 aromatic rings. The molecule has 0 aromatic heterocycles. The lowest BCUT2D eigenvalue weighted by atomic mass is 10.2. The zero-order valence-electron chi connectivity index (χ0n) is 9.45. The molecule has 102 valence electrons. The zero-order chi connectivity index (χ0) is 14.0. The Labute approximate surface area is 109 Å². The summed E-state index contributed by atoms with van der Waals surface area (Å²) in [5.74, 6) is -3.50. The number of aliphatic hydroxyl groups excluding tert-OH is 1. The van der Waals surface area contributed by atoms with E-state index in [4.69, 9.17) is 16.7 Å². The number of hydrogen-bond donors (Lipinski definition) is 2. The van der Waals surface area contributed by atoms with Gasteiger partial charge in [-0.2, -0.15) is 0 Å². The van der Waals surface area contributed by atoms with Crippen LogP contribution in [0.5, 0.6) is 0 Å². The molecule has 0 radical (unpaired) electrons. The molecule has 0 saturated carbocycles. The Kier molecular flexibility index (Phi) is 4.66. The third-order valence-electron chi connectivity index (χ3n) is 2.26. The van der Waals surface area contributed by atoms with Crippen molar-refractivity contribution in [2.45, 2.75) is 17.7 Å². The van der Waals surface area contributed by atoms with Crippen LogP contribution >= 0.6 is 11.6 Å². The average molecular weight is 300 g/mol. The van der Waals surface area contributed by atoms with E-state index in [1.54, 1.807) is 4.72 Å². The van der Waals surface area contributed by atoms with Crippen LogP contribution in [0.4, 0.5) is 8.78 Å². The van der Waals surface area contributed by atoms with Crippen LogP contribution in [0.3, 0.4) is 0 Å². The van der Waals surface area contributed by atoms with E-state index >= 15 is 0 Å². The van der Waals surface area contributed by atoms with Gasteiger partial charge in [-0.15, -0.1) is 0 Å². The number of aliphatic hydroxyl groups is 1. The van der Waals surface area contributed by atoms with Gasteiger partial charge in [0.1, 0.15) is 6.61 Å². The average Bonchev–Trinajstić information content (AvgIpc) is 2.30. The van der Waals surface area contributed by atoms with Crippen molar-refractivity contribution in [1.82, 2.24) is 4.72 Å². The smallest absolute Gasteiger partial charge is 0.283 e. The molecule has 0 aliphatic rings. The Bertz CT molecular complexity index is 534. The van der Waals surface area contributed by atoms with E-state index in [1.165, 1.54) is 25.1 Å². The molecule has 0 heterocycles. The molecular formula is C10H12ClF2NO3S. The highest BCUT2D eigenvalue weighted by Crippen LogP contribution is 2.23. The monoisotopic (exact) mass is 299 g/mol. The number of halogens is 3. The van der Waals surface area contributed by atoms with Crippen molar-refractivity contribution in [3.63, 3.8) is 0 Å². The Morgan fingerprint density at radius 2 is 2.06 bits per heavy atom. The SMILES string of the molecule is Cc1c(Cl)cccc1S(=O)(=O)NCC(F)(F)CO. The summed E-state index contributed by atoms with van der Waals surface area (Å²) in [6, 6.07) is 4.17. The summed E-state index contributed by atoms with van der Waals surface area (Å²) >= 11 is 5.76. The molecule has 1 aromatic carbocycles. The first-order valence-electron chi connectivity index (χ1n) is 4.93. The standard InChI is InChI=1S/C10H12ClF2NO3S/c1-7-8(11)3-2-4-9(7)18(16,17)14-5-10(12,13)6-15/h2-4,14-15H,5-6H2,1H3. The van der Waals surface area contributed by atoms with Gasteiger partial charge in [0.25, 0.3) is 5.92 Å². The largest absolute Gasteiger partial charge is 0.390 e. The van der Waals surface area contributed by atoms with Gasteiger partial charge in [0.15, 0.2) is 0 Å². The number of benzene rings is 1. The Morgan fingerprint density at radius 3 is 2.61 bits per heavy atom.